The summed E-state index contributed by atoms with van der Waals surface area (Å²) in [6.45, 7) is 2.61. The van der Waals surface area contributed by atoms with Crippen LogP contribution in [0.1, 0.15) is 38.8 Å². The van der Waals surface area contributed by atoms with Gasteiger partial charge in [-0.2, -0.15) is 13.2 Å². The molecule has 4 rings (SSSR count). The number of likely N-dealkylation sites (tertiary alicyclic amines) is 1. The van der Waals surface area contributed by atoms with E-state index in [4.69, 9.17) is 23.2 Å². The van der Waals surface area contributed by atoms with Gasteiger partial charge >= 0.3 is 6.18 Å². The van der Waals surface area contributed by atoms with Gasteiger partial charge in [0.05, 0.1) is 27.5 Å². The van der Waals surface area contributed by atoms with Crippen molar-refractivity contribution in [1.82, 2.24) is 19.8 Å². The van der Waals surface area contributed by atoms with E-state index in [2.05, 4.69) is 9.97 Å². The van der Waals surface area contributed by atoms with E-state index in [0.29, 0.717) is 34.4 Å². The monoisotopic (exact) mass is 540 g/mol. The molecule has 2 heterocycles. The van der Waals surface area contributed by atoms with E-state index in [-0.39, 0.29) is 30.1 Å². The number of aryl methyl sites for hydroxylation is 1. The van der Waals surface area contributed by atoms with Crippen molar-refractivity contribution in [1.29, 1.82) is 0 Å². The van der Waals surface area contributed by atoms with E-state index in [9.17, 15) is 22.4 Å². The quantitative estimate of drug-likeness (QED) is 0.373. The average Bonchev–Trinajstić information content (AvgIpc) is 3.26. The summed E-state index contributed by atoms with van der Waals surface area (Å²) in [6.07, 6.45) is -1.82. The first-order valence-corrected chi connectivity index (χ1v) is 11.8. The number of rotatable bonds is 5. The van der Waals surface area contributed by atoms with Gasteiger partial charge in [0.1, 0.15) is 11.5 Å². The van der Waals surface area contributed by atoms with Gasteiger partial charge in [0, 0.05) is 37.8 Å². The third-order valence-electron chi connectivity index (χ3n) is 6.29. The van der Waals surface area contributed by atoms with Crippen LogP contribution >= 0.6 is 23.2 Å². The second-order valence-corrected chi connectivity index (χ2v) is 9.64. The van der Waals surface area contributed by atoms with Gasteiger partial charge < -0.3 is 4.90 Å². The molecule has 36 heavy (non-hydrogen) atoms. The van der Waals surface area contributed by atoms with Crippen molar-refractivity contribution in [3.63, 3.8) is 0 Å². The number of alkyl halides is 3. The fourth-order valence-electron chi connectivity index (χ4n) is 4.43. The summed E-state index contributed by atoms with van der Waals surface area (Å²) < 4.78 is 53.0. The van der Waals surface area contributed by atoms with Crippen molar-refractivity contribution in [2.75, 3.05) is 20.1 Å². The third kappa shape index (κ3) is 5.63. The Labute approximate surface area is 215 Å². The molecule has 1 aliphatic rings. The molecule has 1 fully saturated rings. The Bertz CT molecular complexity index is 1270. The normalized spacial score (nSPS) is 18.2. The molecule has 0 bridgehead atoms. The molecule has 0 spiro atoms. The van der Waals surface area contributed by atoms with Crippen molar-refractivity contribution < 1.29 is 22.4 Å². The lowest BCUT2D eigenvalue weighted by molar-refractivity contribution is -0.140. The van der Waals surface area contributed by atoms with E-state index < -0.39 is 17.6 Å². The smallest absolute Gasteiger partial charge is 0.335 e. The molecule has 1 aromatic heterocycles. The molecule has 1 amide bonds. The second-order valence-electron chi connectivity index (χ2n) is 8.83. The zero-order valence-electron chi connectivity index (χ0n) is 19.4. The van der Waals surface area contributed by atoms with E-state index in [1.54, 1.807) is 31.0 Å². The van der Waals surface area contributed by atoms with Gasteiger partial charge in [-0.15, -0.1) is 0 Å². The summed E-state index contributed by atoms with van der Waals surface area (Å²) in [7, 11) is 1.78. The van der Waals surface area contributed by atoms with Gasteiger partial charge in [0.15, 0.2) is 0 Å². The zero-order chi connectivity index (χ0) is 26.2. The van der Waals surface area contributed by atoms with Crippen LogP contribution in [-0.2, 0) is 12.7 Å². The molecule has 0 N–H and O–H groups in total. The van der Waals surface area contributed by atoms with Crippen LogP contribution in [-0.4, -0.2) is 51.9 Å². The lowest BCUT2D eigenvalue weighted by Gasteiger charge is -2.29. The molecule has 0 saturated carbocycles. The number of likely N-dealkylation sites (N-methyl/N-ethyl adjacent to an activating group) is 1. The predicted molar refractivity (Wildman–Crippen MR) is 129 cm³/mol. The first kappa shape index (κ1) is 26.3. The molecule has 5 nitrogen and oxygen atoms in total. The van der Waals surface area contributed by atoms with Gasteiger partial charge in [-0.3, -0.25) is 14.7 Å². The fourth-order valence-corrected chi connectivity index (χ4v) is 4.73. The van der Waals surface area contributed by atoms with E-state index in [1.165, 1.54) is 18.5 Å². The molecule has 0 aliphatic carbocycles. The molecular weight excluding hydrogens is 519 g/mol. The Morgan fingerprint density at radius 1 is 1.08 bits per heavy atom. The van der Waals surface area contributed by atoms with Crippen molar-refractivity contribution in [3.05, 3.63) is 92.7 Å². The van der Waals surface area contributed by atoms with Gasteiger partial charge in [0.25, 0.3) is 5.91 Å². The van der Waals surface area contributed by atoms with Gasteiger partial charge in [-0.1, -0.05) is 35.3 Å². The van der Waals surface area contributed by atoms with Crippen LogP contribution in [0.3, 0.4) is 0 Å². The van der Waals surface area contributed by atoms with Crippen molar-refractivity contribution >= 4 is 29.1 Å². The van der Waals surface area contributed by atoms with Crippen molar-refractivity contribution in [3.8, 4) is 0 Å². The topological polar surface area (TPSA) is 49.3 Å². The molecule has 0 radical (unpaired) electrons. The van der Waals surface area contributed by atoms with Crippen LogP contribution in [0.2, 0.25) is 10.0 Å². The van der Waals surface area contributed by atoms with Crippen LogP contribution in [0.25, 0.3) is 0 Å². The minimum atomic E-state index is -4.77. The first-order valence-electron chi connectivity index (χ1n) is 11.0. The molecule has 0 unspecified atom stereocenters. The highest BCUT2D eigenvalue weighted by Crippen LogP contribution is 2.36. The summed E-state index contributed by atoms with van der Waals surface area (Å²) in [5.41, 5.74) is 0.819. The lowest BCUT2D eigenvalue weighted by atomic mass is 9.93. The van der Waals surface area contributed by atoms with Gasteiger partial charge in [-0.25, -0.2) is 9.37 Å². The zero-order valence-corrected chi connectivity index (χ0v) is 20.9. The first-order chi connectivity index (χ1) is 16.9. The Morgan fingerprint density at radius 3 is 2.44 bits per heavy atom. The van der Waals surface area contributed by atoms with Crippen molar-refractivity contribution in [2.24, 2.45) is 0 Å². The Morgan fingerprint density at radius 2 is 1.83 bits per heavy atom. The molecule has 1 aliphatic heterocycles. The summed E-state index contributed by atoms with van der Waals surface area (Å²) >= 11 is 12.3. The SMILES string of the molecule is Cc1cnc(C(=O)N2C[C@H](c3ccc(Cl)c(Cl)c3)[C@H](N(C)Cc3ccc(C(F)(F)F)c(F)c3)C2)cn1. The number of aromatic nitrogens is 2. The second kappa shape index (κ2) is 10.3. The maximum absolute atomic E-state index is 14.2. The maximum Gasteiger partial charge on any atom is 0.419 e. The van der Waals surface area contributed by atoms with Gasteiger partial charge in [-0.05, 0) is 49.4 Å². The number of benzene rings is 2. The minimum absolute atomic E-state index is 0.171. The summed E-state index contributed by atoms with van der Waals surface area (Å²) in [6, 6.07) is 7.91. The average molecular weight is 541 g/mol. The molecule has 190 valence electrons. The number of hydrogen-bond acceptors (Lipinski definition) is 4. The number of halogens is 6. The fraction of sp³-hybridized carbons (Fsp3) is 0.320. The van der Waals surface area contributed by atoms with Crippen LogP contribution in [0, 0.1) is 12.7 Å². The van der Waals surface area contributed by atoms with Gasteiger partial charge in [0.2, 0.25) is 0 Å². The third-order valence-corrected chi connectivity index (χ3v) is 7.02. The standard InChI is InChI=1S/C25H22Cl2F4N4O/c1-14-9-33-22(10-32-14)24(36)35-12-17(16-4-6-19(26)20(27)8-16)23(13-35)34(2)11-15-3-5-18(21(28)7-15)25(29,30)31/h3-10,17,23H,11-13H2,1-2H3/t17-,23-/m1/s1. The lowest BCUT2D eigenvalue weighted by Crippen LogP contribution is -2.38. The van der Waals surface area contributed by atoms with E-state index >= 15 is 0 Å². The van der Waals surface area contributed by atoms with Crippen LogP contribution in [0.4, 0.5) is 17.6 Å². The molecule has 3 aromatic rings. The summed E-state index contributed by atoms with van der Waals surface area (Å²) in [5, 5.41) is 0.765. The van der Waals surface area contributed by atoms with Crippen LogP contribution < -0.4 is 0 Å². The molecular formula is C25H22Cl2F4N4O. The number of carbonyl (C=O) groups excluding carboxylic acids is 1. The molecule has 2 aromatic carbocycles. The largest absolute Gasteiger partial charge is 0.419 e. The van der Waals surface area contributed by atoms with E-state index in [1.807, 2.05) is 11.0 Å². The molecule has 1 saturated heterocycles. The Balaban J connectivity index is 1.61. The Kier molecular flexibility index (Phi) is 7.54. The van der Waals surface area contributed by atoms with Crippen LogP contribution in [0.15, 0.2) is 48.8 Å². The highest BCUT2D eigenvalue weighted by Gasteiger charge is 2.39. The highest BCUT2D eigenvalue weighted by atomic mass is 35.5. The predicted octanol–water partition coefficient (Wildman–Crippen LogP) is 5.99. The maximum atomic E-state index is 14.2. The summed E-state index contributed by atoms with van der Waals surface area (Å²) in [5.74, 6) is -1.80. The summed E-state index contributed by atoms with van der Waals surface area (Å²) in [4.78, 5) is 25.0. The highest BCUT2D eigenvalue weighted by molar-refractivity contribution is 6.42. The number of hydrogen-bond donors (Lipinski definition) is 0. The van der Waals surface area contributed by atoms with E-state index in [0.717, 1.165) is 17.7 Å². The van der Waals surface area contributed by atoms with Crippen LogP contribution in [0.5, 0.6) is 0 Å². The minimum Gasteiger partial charge on any atom is -0.335 e. The van der Waals surface area contributed by atoms with Crippen molar-refractivity contribution in [2.45, 2.75) is 31.6 Å². The Hall–Kier alpha value is -2.75. The number of carbonyl (C=O) groups is 1. The number of amides is 1. The molecule has 2 atom stereocenters. The number of nitrogens with zero attached hydrogens (tertiary/aromatic N) is 4. The molecule has 11 heteroatoms.